The van der Waals surface area contributed by atoms with Crippen molar-refractivity contribution in [2.75, 3.05) is 26.3 Å². The Morgan fingerprint density at radius 1 is 1.15 bits per heavy atom. The van der Waals surface area contributed by atoms with Gasteiger partial charge in [0.1, 0.15) is 18.0 Å². The Balaban J connectivity index is 2.10. The van der Waals surface area contributed by atoms with Crippen LogP contribution in [0.4, 0.5) is 11.4 Å². The van der Waals surface area contributed by atoms with Crippen LogP contribution in [0.5, 0.6) is 11.5 Å². The largest absolute Gasteiger partial charge is 0.496 e. The van der Waals surface area contributed by atoms with Gasteiger partial charge in [-0.2, -0.15) is 4.99 Å². The molecular formula is C21H26N2O4. The average molecular weight is 370 g/mol. The number of aliphatic imine (C=N–C) groups is 1. The lowest BCUT2D eigenvalue weighted by atomic mass is 9.84. The number of anilines is 1. The van der Waals surface area contributed by atoms with E-state index in [2.05, 4.69) is 26.1 Å². The molecule has 0 bridgehead atoms. The number of rotatable bonds is 5. The molecule has 2 aromatic carbocycles. The molecule has 0 spiro atoms. The maximum absolute atomic E-state index is 5.94. The molecule has 1 N–H and O–H groups in total. The first-order chi connectivity index (χ1) is 12.9. The molecule has 0 saturated heterocycles. The zero-order valence-corrected chi connectivity index (χ0v) is 16.5. The minimum Gasteiger partial charge on any atom is -0.496 e. The number of nitrogens with one attached hydrogen (secondary N) is 1. The normalized spacial score (nSPS) is 13.3. The third kappa shape index (κ3) is 4.17. The molecule has 0 aliphatic carbocycles. The summed E-state index contributed by atoms with van der Waals surface area (Å²) in [6, 6.07) is 12.2. The number of nitrogens with zero attached hydrogens (tertiary/aromatic N) is 1. The van der Waals surface area contributed by atoms with Gasteiger partial charge in [0.15, 0.2) is 12.5 Å². The van der Waals surface area contributed by atoms with Gasteiger partial charge in [-0.05, 0) is 23.6 Å². The number of benzene rings is 2. The minimum atomic E-state index is -0.160. The topological polar surface area (TPSA) is 61.3 Å². The summed E-state index contributed by atoms with van der Waals surface area (Å²) in [5, 5.41) is 3.20. The highest BCUT2D eigenvalue weighted by Crippen LogP contribution is 2.47. The zero-order chi connectivity index (χ0) is 19.4. The summed E-state index contributed by atoms with van der Waals surface area (Å²) in [6.45, 7) is 6.85. The van der Waals surface area contributed by atoms with Gasteiger partial charge in [0.05, 0.1) is 12.7 Å². The van der Waals surface area contributed by atoms with Crippen LogP contribution in [0.1, 0.15) is 31.9 Å². The van der Waals surface area contributed by atoms with Crippen molar-refractivity contribution in [2.24, 2.45) is 4.99 Å². The van der Waals surface area contributed by atoms with E-state index in [1.165, 1.54) is 0 Å². The number of hydrogen-bond donors (Lipinski definition) is 1. The summed E-state index contributed by atoms with van der Waals surface area (Å²) in [6.07, 6.45) is 0. The second-order valence-corrected chi connectivity index (χ2v) is 7.28. The monoisotopic (exact) mass is 370 g/mol. The van der Waals surface area contributed by atoms with Crippen molar-refractivity contribution in [3.63, 3.8) is 0 Å². The molecule has 0 saturated carbocycles. The van der Waals surface area contributed by atoms with E-state index in [-0.39, 0.29) is 12.2 Å². The van der Waals surface area contributed by atoms with Crippen molar-refractivity contribution in [2.45, 2.75) is 32.8 Å². The number of methoxy groups -OCH3 is 2. The van der Waals surface area contributed by atoms with Gasteiger partial charge in [-0.3, -0.25) is 0 Å². The molecule has 6 nitrogen and oxygen atoms in total. The van der Waals surface area contributed by atoms with Crippen LogP contribution in [0.25, 0.3) is 0 Å². The van der Waals surface area contributed by atoms with Crippen LogP contribution in [-0.4, -0.2) is 27.0 Å². The first-order valence-corrected chi connectivity index (χ1v) is 8.83. The second-order valence-electron chi connectivity index (χ2n) is 7.28. The maximum atomic E-state index is 5.94. The van der Waals surface area contributed by atoms with E-state index >= 15 is 0 Å². The predicted molar refractivity (Wildman–Crippen MR) is 106 cm³/mol. The van der Waals surface area contributed by atoms with Gasteiger partial charge in [-0.25, -0.2) is 0 Å². The van der Waals surface area contributed by atoms with Gasteiger partial charge in [0, 0.05) is 18.4 Å². The number of ether oxygens (including phenoxy) is 4. The highest BCUT2D eigenvalue weighted by molar-refractivity contribution is 5.93. The quantitative estimate of drug-likeness (QED) is 0.779. The van der Waals surface area contributed by atoms with Crippen LogP contribution in [0, 0.1) is 0 Å². The van der Waals surface area contributed by atoms with E-state index in [0.717, 1.165) is 22.6 Å². The van der Waals surface area contributed by atoms with Gasteiger partial charge in [0.2, 0.25) is 0 Å². The van der Waals surface area contributed by atoms with Crippen molar-refractivity contribution in [3.05, 3.63) is 47.5 Å². The molecule has 3 rings (SSSR count). The fraction of sp³-hybridized carbons (Fsp3) is 0.381. The summed E-state index contributed by atoms with van der Waals surface area (Å²) >= 11 is 0. The van der Waals surface area contributed by atoms with E-state index in [0.29, 0.717) is 24.1 Å². The van der Waals surface area contributed by atoms with Crippen LogP contribution in [0.15, 0.2) is 41.4 Å². The lowest BCUT2D eigenvalue weighted by Gasteiger charge is -2.28. The van der Waals surface area contributed by atoms with Crippen LogP contribution in [-0.2, 0) is 21.5 Å². The summed E-state index contributed by atoms with van der Waals surface area (Å²) in [5.74, 6) is 1.43. The Labute approximate surface area is 160 Å². The predicted octanol–water partition coefficient (Wildman–Crippen LogP) is 4.61. The van der Waals surface area contributed by atoms with Gasteiger partial charge in [-0.1, -0.05) is 39.0 Å². The van der Waals surface area contributed by atoms with E-state index < -0.39 is 0 Å². The van der Waals surface area contributed by atoms with Gasteiger partial charge in [0.25, 0.3) is 6.02 Å². The standard InChI is InChI=1S/C21H26N2O4/c1-21(2,3)16-11-17(25-5)15-12-26-20(22-14-9-7-6-8-10-14)23-18(15)19(16)27-13-24-4/h6-11H,12-13H2,1-5H3,(H,22,23). The first kappa shape index (κ1) is 19.0. The Bertz CT molecular complexity index is 826. The molecule has 2 aromatic rings. The molecule has 1 aliphatic rings. The first-order valence-electron chi connectivity index (χ1n) is 8.83. The van der Waals surface area contributed by atoms with E-state index in [1.807, 2.05) is 36.4 Å². The molecule has 1 aliphatic heterocycles. The second kappa shape index (κ2) is 7.88. The molecule has 0 aromatic heterocycles. The SMILES string of the molecule is COCOc1c(C(C)(C)C)cc(OC)c2c1N=C(Nc1ccccc1)OC2. The number of fused-ring (bicyclic) bond motifs is 1. The molecule has 0 radical (unpaired) electrons. The average Bonchev–Trinajstić information content (AvgIpc) is 2.65. The number of amidine groups is 1. The Morgan fingerprint density at radius 2 is 1.89 bits per heavy atom. The fourth-order valence-corrected chi connectivity index (χ4v) is 2.91. The van der Waals surface area contributed by atoms with Crippen LogP contribution >= 0.6 is 0 Å². The van der Waals surface area contributed by atoms with Crippen molar-refractivity contribution < 1.29 is 18.9 Å². The molecule has 144 valence electrons. The number of para-hydroxylation sites is 1. The summed E-state index contributed by atoms with van der Waals surface area (Å²) in [7, 11) is 3.25. The van der Waals surface area contributed by atoms with E-state index in [9.17, 15) is 0 Å². The van der Waals surface area contributed by atoms with Gasteiger partial charge >= 0.3 is 0 Å². The van der Waals surface area contributed by atoms with Gasteiger partial charge in [-0.15, -0.1) is 0 Å². The maximum Gasteiger partial charge on any atom is 0.294 e. The highest BCUT2D eigenvalue weighted by Gasteiger charge is 2.29. The molecule has 27 heavy (non-hydrogen) atoms. The number of hydrogen-bond acceptors (Lipinski definition) is 6. The molecule has 0 amide bonds. The van der Waals surface area contributed by atoms with E-state index in [4.69, 9.17) is 23.9 Å². The summed E-state index contributed by atoms with van der Waals surface area (Å²) in [5.41, 5.74) is 3.31. The molecule has 0 unspecified atom stereocenters. The molecule has 6 heteroatoms. The highest BCUT2D eigenvalue weighted by atomic mass is 16.7. The van der Waals surface area contributed by atoms with Crippen LogP contribution < -0.4 is 14.8 Å². The Morgan fingerprint density at radius 3 is 2.52 bits per heavy atom. The van der Waals surface area contributed by atoms with Crippen LogP contribution in [0.3, 0.4) is 0 Å². The van der Waals surface area contributed by atoms with Crippen LogP contribution in [0.2, 0.25) is 0 Å². The minimum absolute atomic E-state index is 0.139. The van der Waals surface area contributed by atoms with E-state index in [1.54, 1.807) is 14.2 Å². The smallest absolute Gasteiger partial charge is 0.294 e. The summed E-state index contributed by atoms with van der Waals surface area (Å²) in [4.78, 5) is 4.70. The Hall–Kier alpha value is -2.73. The molecular weight excluding hydrogens is 344 g/mol. The molecule has 0 atom stereocenters. The fourth-order valence-electron chi connectivity index (χ4n) is 2.91. The third-order valence-corrected chi connectivity index (χ3v) is 4.26. The van der Waals surface area contributed by atoms with Crippen molar-refractivity contribution in [1.82, 2.24) is 0 Å². The molecule has 0 fully saturated rings. The molecule has 1 heterocycles. The lowest BCUT2D eigenvalue weighted by Crippen LogP contribution is -2.21. The van der Waals surface area contributed by atoms with Crippen molar-refractivity contribution in [3.8, 4) is 11.5 Å². The third-order valence-electron chi connectivity index (χ3n) is 4.26. The zero-order valence-electron chi connectivity index (χ0n) is 16.5. The lowest BCUT2D eigenvalue weighted by molar-refractivity contribution is 0.0499. The van der Waals surface area contributed by atoms with Crippen molar-refractivity contribution >= 4 is 17.4 Å². The summed E-state index contributed by atoms with van der Waals surface area (Å²) < 4.78 is 22.5. The Kier molecular flexibility index (Phi) is 5.56. The van der Waals surface area contributed by atoms with Crippen molar-refractivity contribution in [1.29, 1.82) is 0 Å². The van der Waals surface area contributed by atoms with Gasteiger partial charge < -0.3 is 24.3 Å².